The fraction of sp³-hybridized carbons (Fsp3) is 0.400. The molecule has 0 N–H and O–H groups in total. The van der Waals surface area contributed by atoms with Crippen LogP contribution in [-0.4, -0.2) is 13.9 Å². The van der Waals surface area contributed by atoms with E-state index in [1.807, 2.05) is 0 Å². The molecule has 0 amide bonds. The Morgan fingerprint density at radius 2 is 2.08 bits per heavy atom. The van der Waals surface area contributed by atoms with Crippen LogP contribution in [0.1, 0.15) is 11.5 Å². The molecule has 1 aromatic heterocycles. The van der Waals surface area contributed by atoms with Gasteiger partial charge in [0.05, 0.1) is 4.90 Å². The molecule has 0 aliphatic rings. The Morgan fingerprint density at radius 1 is 1.54 bits per heavy atom. The van der Waals surface area contributed by atoms with E-state index in [-0.39, 0.29) is 5.76 Å². The first-order chi connectivity index (χ1) is 5.84. The Balaban J connectivity index is 3.31. The van der Waals surface area contributed by atoms with Gasteiger partial charge in [0.1, 0.15) is 5.76 Å². The normalized spacial score (nSPS) is 14.5. The third-order valence-electron chi connectivity index (χ3n) is 1.24. The van der Waals surface area contributed by atoms with E-state index in [0.29, 0.717) is 0 Å². The zero-order valence-corrected chi connectivity index (χ0v) is 7.03. The molecule has 0 aliphatic carbocycles. The van der Waals surface area contributed by atoms with Gasteiger partial charge in [-0.25, -0.2) is 0 Å². The molecule has 13 heavy (non-hydrogen) atoms. The number of hydrogen-bond donors (Lipinski definition) is 0. The summed E-state index contributed by atoms with van der Waals surface area (Å²) in [6.45, 7) is 1.09. The zero-order valence-electron chi connectivity index (χ0n) is 6.21. The van der Waals surface area contributed by atoms with Gasteiger partial charge < -0.3 is 9.08 Å². The lowest BCUT2D eigenvalue weighted by molar-refractivity contribution is -0.144. The summed E-state index contributed by atoms with van der Waals surface area (Å²) in [5.74, 6) is -0.374. The highest BCUT2D eigenvalue weighted by atomic mass is 32.2. The number of hydrogen-bond acceptors (Lipinski definition) is 4. The van der Waals surface area contributed by atoms with Gasteiger partial charge in [-0.3, -0.25) is 4.21 Å². The second-order valence-electron chi connectivity index (χ2n) is 2.15. The minimum Gasteiger partial charge on any atom is -0.768 e. The average Bonchev–Trinajstić information content (AvgIpc) is 2.28. The Kier molecular flexibility index (Phi) is 2.44. The topological polar surface area (TPSA) is 66.2 Å². The van der Waals surface area contributed by atoms with E-state index in [0.717, 1.165) is 6.92 Å². The molecule has 1 atom stereocenters. The van der Waals surface area contributed by atoms with Gasteiger partial charge in [0.15, 0.2) is 0 Å². The van der Waals surface area contributed by atoms with Crippen LogP contribution >= 0.6 is 0 Å². The van der Waals surface area contributed by atoms with E-state index in [1.54, 1.807) is 0 Å². The van der Waals surface area contributed by atoms with E-state index in [9.17, 15) is 21.9 Å². The van der Waals surface area contributed by atoms with E-state index >= 15 is 0 Å². The van der Waals surface area contributed by atoms with Crippen molar-refractivity contribution in [3.63, 3.8) is 0 Å². The second kappa shape index (κ2) is 3.11. The van der Waals surface area contributed by atoms with E-state index < -0.39 is 27.8 Å². The summed E-state index contributed by atoms with van der Waals surface area (Å²) >= 11 is -2.99. The van der Waals surface area contributed by atoms with Crippen molar-refractivity contribution in [3.05, 3.63) is 11.5 Å². The maximum absolute atomic E-state index is 12.0. The van der Waals surface area contributed by atoms with Crippen molar-refractivity contribution in [1.82, 2.24) is 5.16 Å². The fourth-order valence-corrected chi connectivity index (χ4v) is 1.32. The van der Waals surface area contributed by atoms with Crippen molar-refractivity contribution < 1.29 is 26.5 Å². The molecule has 8 heteroatoms. The molecular weight excluding hydrogens is 211 g/mol. The molecule has 1 heterocycles. The third kappa shape index (κ3) is 1.89. The Morgan fingerprint density at radius 3 is 2.38 bits per heavy atom. The summed E-state index contributed by atoms with van der Waals surface area (Å²) in [5.41, 5.74) is -1.52. The van der Waals surface area contributed by atoms with Gasteiger partial charge >= 0.3 is 6.18 Å². The number of halogens is 3. The van der Waals surface area contributed by atoms with Gasteiger partial charge in [0.25, 0.3) is 0 Å². The standard InChI is InChI=1S/C5H4F3NO3S/c1-2-3(13(10)11)4(9-12-2)5(6,7)8/h1H3,(H,10,11)/p-1. The van der Waals surface area contributed by atoms with Crippen molar-refractivity contribution in [1.29, 1.82) is 0 Å². The van der Waals surface area contributed by atoms with Crippen LogP contribution in [0.25, 0.3) is 0 Å². The number of alkyl halides is 3. The maximum atomic E-state index is 12.0. The fourth-order valence-electron chi connectivity index (χ4n) is 0.741. The van der Waals surface area contributed by atoms with Crippen LogP contribution in [0.5, 0.6) is 0 Å². The molecule has 74 valence electrons. The summed E-state index contributed by atoms with van der Waals surface area (Å²) in [7, 11) is 0. The molecule has 0 saturated heterocycles. The minimum absolute atomic E-state index is 0.374. The summed E-state index contributed by atoms with van der Waals surface area (Å²) in [5, 5.41) is 2.62. The van der Waals surface area contributed by atoms with Crippen LogP contribution in [0.2, 0.25) is 0 Å². The number of aromatic nitrogens is 1. The molecule has 0 radical (unpaired) electrons. The lowest BCUT2D eigenvalue weighted by atomic mass is 10.4. The van der Waals surface area contributed by atoms with Gasteiger partial charge in [-0.15, -0.1) is 0 Å². The number of aryl methyl sites for hydroxylation is 1. The molecule has 0 aromatic carbocycles. The molecule has 1 aromatic rings. The average molecular weight is 214 g/mol. The SMILES string of the molecule is Cc1onc(C(F)(F)F)c1S(=O)[O-]. The Bertz CT molecular complexity index is 345. The quantitative estimate of drug-likeness (QED) is 0.659. The minimum atomic E-state index is -4.81. The first-order valence-corrected chi connectivity index (χ1v) is 4.04. The highest BCUT2D eigenvalue weighted by Crippen LogP contribution is 2.33. The van der Waals surface area contributed by atoms with E-state index in [4.69, 9.17) is 0 Å². The largest absolute Gasteiger partial charge is 0.768 e. The first kappa shape index (κ1) is 10.2. The molecule has 1 rings (SSSR count). The molecule has 4 nitrogen and oxygen atoms in total. The van der Waals surface area contributed by atoms with Gasteiger partial charge in [0, 0.05) is 0 Å². The van der Waals surface area contributed by atoms with Crippen molar-refractivity contribution in [2.75, 3.05) is 0 Å². The predicted molar refractivity (Wildman–Crippen MR) is 33.4 cm³/mol. The lowest BCUT2D eigenvalue weighted by Crippen LogP contribution is -2.09. The molecule has 0 aliphatic heterocycles. The van der Waals surface area contributed by atoms with Crippen LogP contribution in [0.4, 0.5) is 13.2 Å². The van der Waals surface area contributed by atoms with Crippen molar-refractivity contribution in [3.8, 4) is 0 Å². The monoisotopic (exact) mass is 214 g/mol. The van der Waals surface area contributed by atoms with Crippen LogP contribution in [-0.2, 0) is 17.3 Å². The molecular formula is C5H3F3NO3S-. The lowest BCUT2D eigenvalue weighted by Gasteiger charge is -2.07. The van der Waals surface area contributed by atoms with Crippen molar-refractivity contribution in [2.45, 2.75) is 18.0 Å². The first-order valence-electron chi connectivity index (χ1n) is 2.96. The molecule has 1 unspecified atom stereocenters. The van der Waals surface area contributed by atoms with Gasteiger partial charge in [-0.2, -0.15) is 13.2 Å². The maximum Gasteiger partial charge on any atom is 0.437 e. The van der Waals surface area contributed by atoms with Gasteiger partial charge in [-0.05, 0) is 18.0 Å². The van der Waals surface area contributed by atoms with E-state index in [1.165, 1.54) is 0 Å². The highest BCUT2D eigenvalue weighted by Gasteiger charge is 2.39. The van der Waals surface area contributed by atoms with Crippen LogP contribution < -0.4 is 0 Å². The van der Waals surface area contributed by atoms with Crippen LogP contribution in [0, 0.1) is 6.92 Å². The molecule has 0 saturated carbocycles. The zero-order chi connectivity index (χ0) is 10.2. The summed E-state index contributed by atoms with van der Waals surface area (Å²) < 4.78 is 60.9. The second-order valence-corrected chi connectivity index (χ2v) is 3.03. The molecule has 0 spiro atoms. The third-order valence-corrected chi connectivity index (χ3v) is 2.06. The Hall–Kier alpha value is -0.890. The van der Waals surface area contributed by atoms with Gasteiger partial charge in [-0.1, -0.05) is 5.16 Å². The highest BCUT2D eigenvalue weighted by molar-refractivity contribution is 7.79. The van der Waals surface area contributed by atoms with Crippen molar-refractivity contribution in [2.24, 2.45) is 0 Å². The number of nitrogens with zero attached hydrogens (tertiary/aromatic N) is 1. The Labute approximate surface area is 73.0 Å². The van der Waals surface area contributed by atoms with Crippen LogP contribution in [0.15, 0.2) is 9.42 Å². The summed E-state index contributed by atoms with van der Waals surface area (Å²) in [6, 6.07) is 0. The van der Waals surface area contributed by atoms with Crippen molar-refractivity contribution >= 4 is 11.1 Å². The van der Waals surface area contributed by atoms with Crippen LogP contribution in [0.3, 0.4) is 0 Å². The predicted octanol–water partition coefficient (Wildman–Crippen LogP) is 1.24. The van der Waals surface area contributed by atoms with Gasteiger partial charge in [0.2, 0.25) is 5.69 Å². The summed E-state index contributed by atoms with van der Waals surface area (Å²) in [4.78, 5) is -0.937. The smallest absolute Gasteiger partial charge is 0.437 e. The molecule has 0 bridgehead atoms. The van der Waals surface area contributed by atoms with E-state index in [2.05, 4.69) is 9.68 Å². The summed E-state index contributed by atoms with van der Waals surface area (Å²) in [6.07, 6.45) is -4.81. The molecule has 0 fully saturated rings. The number of rotatable bonds is 1.